The highest BCUT2D eigenvalue weighted by Crippen LogP contribution is 2.16. The molecule has 20 heavy (non-hydrogen) atoms. The van der Waals surface area contributed by atoms with Crippen LogP contribution in [0.2, 0.25) is 0 Å². The third-order valence-corrected chi connectivity index (χ3v) is 3.27. The van der Waals surface area contributed by atoms with E-state index in [9.17, 15) is 9.59 Å². The van der Waals surface area contributed by atoms with Gasteiger partial charge in [0.25, 0.3) is 0 Å². The van der Waals surface area contributed by atoms with Crippen molar-refractivity contribution >= 4 is 23.4 Å². The maximum atomic E-state index is 12.1. The Morgan fingerprint density at radius 2 is 2.10 bits per heavy atom. The molecule has 7 heteroatoms. The van der Waals surface area contributed by atoms with E-state index in [4.69, 9.17) is 9.84 Å². The number of hydrogen-bond acceptors (Lipinski definition) is 5. The van der Waals surface area contributed by atoms with Crippen LogP contribution in [0.25, 0.3) is 0 Å². The molecule has 0 fully saturated rings. The zero-order valence-corrected chi connectivity index (χ0v) is 13.2. The van der Waals surface area contributed by atoms with Gasteiger partial charge >= 0.3 is 12.1 Å². The molecule has 0 aliphatic rings. The molecule has 0 saturated heterocycles. The fourth-order valence-corrected chi connectivity index (χ4v) is 2.07. The van der Waals surface area contributed by atoms with Crippen LogP contribution < -0.4 is 0 Å². The topological polar surface area (TPSA) is 79.7 Å². The van der Waals surface area contributed by atoms with Crippen molar-refractivity contribution in [2.45, 2.75) is 52.8 Å². The maximum absolute atomic E-state index is 12.1. The van der Waals surface area contributed by atoms with E-state index in [-0.39, 0.29) is 6.54 Å². The lowest BCUT2D eigenvalue weighted by Crippen LogP contribution is -2.45. The number of carboxylic acids is 1. The Bertz CT molecular complexity index is 493. The molecule has 112 valence electrons. The molecule has 1 aromatic rings. The van der Waals surface area contributed by atoms with Gasteiger partial charge in [0, 0.05) is 5.38 Å². The number of aliphatic carboxylic acids is 1. The second kappa shape index (κ2) is 6.21. The van der Waals surface area contributed by atoms with E-state index in [1.54, 1.807) is 26.2 Å². The summed E-state index contributed by atoms with van der Waals surface area (Å²) in [5, 5.41) is 11.8. The number of carboxylic acid groups (broad SMARTS) is 1. The second-order valence-corrected chi connectivity index (χ2v) is 6.54. The number of carbonyl (C=O) groups excluding carboxylic acids is 1. The summed E-state index contributed by atoms with van der Waals surface area (Å²) in [6, 6.07) is -0.980. The van der Waals surface area contributed by atoms with Crippen LogP contribution >= 0.6 is 11.3 Å². The van der Waals surface area contributed by atoms with E-state index in [1.165, 1.54) is 23.2 Å². The molecule has 1 rings (SSSR count). The summed E-state index contributed by atoms with van der Waals surface area (Å²) >= 11 is 1.45. The van der Waals surface area contributed by atoms with E-state index < -0.39 is 23.7 Å². The van der Waals surface area contributed by atoms with Crippen molar-refractivity contribution in [2.24, 2.45) is 0 Å². The fraction of sp³-hybridized carbons (Fsp3) is 0.615. The van der Waals surface area contributed by atoms with E-state index in [0.717, 1.165) is 5.01 Å². The van der Waals surface area contributed by atoms with Crippen LogP contribution in [0.1, 0.15) is 38.4 Å². The zero-order chi connectivity index (χ0) is 15.5. The van der Waals surface area contributed by atoms with Gasteiger partial charge in [-0.25, -0.2) is 14.6 Å². The maximum Gasteiger partial charge on any atom is 0.411 e. The number of aryl methyl sites for hydroxylation is 1. The van der Waals surface area contributed by atoms with E-state index >= 15 is 0 Å². The monoisotopic (exact) mass is 300 g/mol. The van der Waals surface area contributed by atoms with Crippen LogP contribution in [0.3, 0.4) is 0 Å². The second-order valence-electron chi connectivity index (χ2n) is 5.48. The first-order chi connectivity index (χ1) is 9.10. The van der Waals surface area contributed by atoms with Crippen molar-refractivity contribution in [3.05, 3.63) is 16.1 Å². The molecule has 0 radical (unpaired) electrons. The van der Waals surface area contributed by atoms with Gasteiger partial charge in [0.2, 0.25) is 0 Å². The molecule has 1 aromatic heterocycles. The van der Waals surface area contributed by atoms with E-state index in [0.29, 0.717) is 5.69 Å². The van der Waals surface area contributed by atoms with Crippen LogP contribution in [0.15, 0.2) is 5.38 Å². The highest BCUT2D eigenvalue weighted by molar-refractivity contribution is 7.09. The minimum absolute atomic E-state index is 0.118. The minimum atomic E-state index is -1.08. The predicted octanol–water partition coefficient (Wildman–Crippen LogP) is 2.66. The Morgan fingerprint density at radius 3 is 2.50 bits per heavy atom. The third-order valence-electron chi connectivity index (χ3n) is 2.45. The summed E-state index contributed by atoms with van der Waals surface area (Å²) in [6.45, 7) is 8.63. The Labute approximate surface area is 122 Å². The molecule has 1 N–H and O–H groups in total. The summed E-state index contributed by atoms with van der Waals surface area (Å²) in [6.07, 6.45) is -0.655. The highest BCUT2D eigenvalue weighted by Gasteiger charge is 2.30. The molecule has 0 spiro atoms. The summed E-state index contributed by atoms with van der Waals surface area (Å²) in [4.78, 5) is 28.7. The van der Waals surface area contributed by atoms with E-state index in [2.05, 4.69) is 4.98 Å². The smallest absolute Gasteiger partial charge is 0.411 e. The number of thiazole rings is 1. The quantitative estimate of drug-likeness (QED) is 0.924. The zero-order valence-electron chi connectivity index (χ0n) is 12.3. The molecule has 1 unspecified atom stereocenters. The van der Waals surface area contributed by atoms with Crippen molar-refractivity contribution in [1.82, 2.24) is 9.88 Å². The summed E-state index contributed by atoms with van der Waals surface area (Å²) in [5.41, 5.74) is -0.0163. The number of ether oxygens (including phenoxy) is 1. The van der Waals surface area contributed by atoms with Crippen LogP contribution in [-0.4, -0.2) is 38.7 Å². The number of amides is 1. The Kier molecular flexibility index (Phi) is 5.10. The first-order valence-corrected chi connectivity index (χ1v) is 7.11. The van der Waals surface area contributed by atoms with Gasteiger partial charge in [0.15, 0.2) is 0 Å². The van der Waals surface area contributed by atoms with Crippen molar-refractivity contribution in [3.63, 3.8) is 0 Å². The Morgan fingerprint density at radius 1 is 1.50 bits per heavy atom. The lowest BCUT2D eigenvalue weighted by Gasteiger charge is -2.29. The number of rotatable bonds is 4. The first kappa shape index (κ1) is 16.4. The molecule has 0 saturated carbocycles. The van der Waals surface area contributed by atoms with Gasteiger partial charge in [-0.15, -0.1) is 11.3 Å². The SMILES string of the molecule is Cc1nc(CN(C(=O)OC(C)(C)C)C(C)C(=O)O)cs1. The van der Waals surface area contributed by atoms with Gasteiger partial charge in [-0.1, -0.05) is 0 Å². The molecular formula is C13H20N2O4S. The van der Waals surface area contributed by atoms with Crippen molar-refractivity contribution < 1.29 is 19.4 Å². The molecule has 0 aliphatic carbocycles. The van der Waals surface area contributed by atoms with E-state index in [1.807, 2.05) is 6.92 Å². The molecule has 1 heterocycles. The molecule has 1 amide bonds. The lowest BCUT2D eigenvalue weighted by molar-refractivity contribution is -0.142. The molecule has 6 nitrogen and oxygen atoms in total. The molecule has 1 atom stereocenters. The normalized spacial score (nSPS) is 12.8. The van der Waals surface area contributed by atoms with Gasteiger partial charge in [-0.2, -0.15) is 0 Å². The number of nitrogens with zero attached hydrogens (tertiary/aromatic N) is 2. The van der Waals surface area contributed by atoms with Crippen LogP contribution in [-0.2, 0) is 16.1 Å². The van der Waals surface area contributed by atoms with Gasteiger partial charge < -0.3 is 9.84 Å². The molecule has 0 aromatic carbocycles. The lowest BCUT2D eigenvalue weighted by atomic mass is 10.2. The van der Waals surface area contributed by atoms with Crippen molar-refractivity contribution in [2.75, 3.05) is 0 Å². The Balaban J connectivity index is 2.90. The van der Waals surface area contributed by atoms with Gasteiger partial charge in [-0.3, -0.25) is 4.90 Å². The van der Waals surface area contributed by atoms with Crippen LogP contribution in [0, 0.1) is 6.92 Å². The first-order valence-electron chi connectivity index (χ1n) is 6.23. The average molecular weight is 300 g/mol. The Hall–Kier alpha value is -1.63. The number of hydrogen-bond donors (Lipinski definition) is 1. The van der Waals surface area contributed by atoms with Gasteiger partial charge in [-0.05, 0) is 34.6 Å². The van der Waals surface area contributed by atoms with Crippen LogP contribution in [0.5, 0.6) is 0 Å². The van der Waals surface area contributed by atoms with Crippen molar-refractivity contribution in [3.8, 4) is 0 Å². The number of aromatic nitrogens is 1. The molecule has 0 aliphatic heterocycles. The van der Waals surface area contributed by atoms with Crippen LogP contribution in [0.4, 0.5) is 4.79 Å². The predicted molar refractivity (Wildman–Crippen MR) is 75.7 cm³/mol. The van der Waals surface area contributed by atoms with Gasteiger partial charge in [0.05, 0.1) is 17.2 Å². The minimum Gasteiger partial charge on any atom is -0.480 e. The highest BCUT2D eigenvalue weighted by atomic mass is 32.1. The number of carbonyl (C=O) groups is 2. The third kappa shape index (κ3) is 4.80. The summed E-state index contributed by atoms with van der Waals surface area (Å²) < 4.78 is 5.25. The average Bonchev–Trinajstić information content (AvgIpc) is 2.68. The largest absolute Gasteiger partial charge is 0.480 e. The van der Waals surface area contributed by atoms with Gasteiger partial charge in [0.1, 0.15) is 11.6 Å². The molecular weight excluding hydrogens is 280 g/mol. The summed E-state index contributed by atoms with van der Waals surface area (Å²) in [5.74, 6) is -1.08. The van der Waals surface area contributed by atoms with Crippen molar-refractivity contribution in [1.29, 1.82) is 0 Å². The molecule has 0 bridgehead atoms. The summed E-state index contributed by atoms with van der Waals surface area (Å²) in [7, 11) is 0. The fourth-order valence-electron chi connectivity index (χ4n) is 1.47. The standard InChI is InChI=1S/C13H20N2O4S/c1-8(11(16)17)15(12(18)19-13(3,4)5)6-10-7-20-9(2)14-10/h7-8H,6H2,1-5H3,(H,16,17).